The van der Waals surface area contributed by atoms with Gasteiger partial charge in [-0.3, -0.25) is 24.3 Å². The standard InChI is InChI=1S/C21H27ClN6O3/c1-2-26-18(17(22)10-24-26)11-23-19(29)8-20-4-14-3-15(5-20)7-21(6-14,13-20)27-12-16(9-25-27)28(30)31/h9-10,12,14-15H,2-8,11,13H2,1H3,(H,23,29). The average molecular weight is 447 g/mol. The summed E-state index contributed by atoms with van der Waals surface area (Å²) in [6.07, 6.45) is 11.2. The summed E-state index contributed by atoms with van der Waals surface area (Å²) in [6, 6.07) is 0. The lowest BCUT2D eigenvalue weighted by atomic mass is 9.46. The molecular formula is C21H27ClN6O3. The van der Waals surface area contributed by atoms with Crippen molar-refractivity contribution in [1.29, 1.82) is 0 Å². The van der Waals surface area contributed by atoms with E-state index in [9.17, 15) is 14.9 Å². The zero-order chi connectivity index (χ0) is 21.8. The topological polar surface area (TPSA) is 108 Å². The fraction of sp³-hybridized carbons (Fsp3) is 0.667. The maximum atomic E-state index is 13.0. The highest BCUT2D eigenvalue weighted by molar-refractivity contribution is 6.31. The smallest absolute Gasteiger partial charge is 0.307 e. The first-order chi connectivity index (χ1) is 14.8. The van der Waals surface area contributed by atoms with E-state index in [1.807, 2.05) is 11.6 Å². The van der Waals surface area contributed by atoms with Gasteiger partial charge in [-0.2, -0.15) is 10.2 Å². The van der Waals surface area contributed by atoms with Gasteiger partial charge in [0.05, 0.1) is 33.9 Å². The first-order valence-electron chi connectivity index (χ1n) is 11.0. The van der Waals surface area contributed by atoms with Gasteiger partial charge in [-0.15, -0.1) is 0 Å². The molecule has 6 rings (SSSR count). The molecule has 1 N–H and O–H groups in total. The van der Waals surface area contributed by atoms with Crippen LogP contribution in [-0.2, 0) is 23.4 Å². The molecule has 2 aromatic rings. The van der Waals surface area contributed by atoms with E-state index in [0.29, 0.717) is 36.4 Å². The molecule has 0 aliphatic heterocycles. The van der Waals surface area contributed by atoms with Gasteiger partial charge in [0.15, 0.2) is 0 Å². The first-order valence-corrected chi connectivity index (χ1v) is 11.4. The quantitative estimate of drug-likeness (QED) is 0.515. The first kappa shape index (κ1) is 20.5. The summed E-state index contributed by atoms with van der Waals surface area (Å²) in [5.74, 6) is 1.13. The second-order valence-electron chi connectivity index (χ2n) is 9.79. The summed E-state index contributed by atoms with van der Waals surface area (Å²) in [7, 11) is 0. The second-order valence-corrected chi connectivity index (χ2v) is 10.2. The van der Waals surface area contributed by atoms with E-state index in [1.54, 1.807) is 17.1 Å². The third kappa shape index (κ3) is 3.52. The Bertz CT molecular complexity index is 1020. The summed E-state index contributed by atoms with van der Waals surface area (Å²) in [6.45, 7) is 3.05. The summed E-state index contributed by atoms with van der Waals surface area (Å²) in [4.78, 5) is 23.8. The van der Waals surface area contributed by atoms with Gasteiger partial charge in [0.2, 0.25) is 5.91 Å². The predicted octanol–water partition coefficient (Wildman–Crippen LogP) is 3.66. The number of carbonyl (C=O) groups is 1. The van der Waals surface area contributed by atoms with Crippen molar-refractivity contribution >= 4 is 23.2 Å². The van der Waals surface area contributed by atoms with E-state index < -0.39 is 0 Å². The number of halogens is 1. The van der Waals surface area contributed by atoms with E-state index in [0.717, 1.165) is 37.8 Å². The van der Waals surface area contributed by atoms with Gasteiger partial charge < -0.3 is 5.32 Å². The third-order valence-electron chi connectivity index (χ3n) is 7.60. The minimum Gasteiger partial charge on any atom is -0.350 e. The van der Waals surface area contributed by atoms with Gasteiger partial charge in [0, 0.05) is 13.0 Å². The molecular weight excluding hydrogens is 420 g/mol. The van der Waals surface area contributed by atoms with Crippen molar-refractivity contribution in [3.63, 3.8) is 0 Å². The monoisotopic (exact) mass is 446 g/mol. The van der Waals surface area contributed by atoms with Crippen LogP contribution in [0.3, 0.4) is 0 Å². The Morgan fingerprint density at radius 1 is 1.29 bits per heavy atom. The van der Waals surface area contributed by atoms with Crippen molar-refractivity contribution in [1.82, 2.24) is 24.9 Å². The van der Waals surface area contributed by atoms with Crippen LogP contribution in [-0.4, -0.2) is 30.4 Å². The minimum absolute atomic E-state index is 0.0310. The SMILES string of the molecule is CCn1ncc(Cl)c1CNC(=O)CC12CC3CC(C1)CC(n1cc([N+](=O)[O-])cn1)(C3)C2. The molecule has 4 aliphatic carbocycles. The Balaban J connectivity index is 1.33. The summed E-state index contributed by atoms with van der Waals surface area (Å²) < 4.78 is 3.64. The number of carbonyl (C=O) groups excluding carboxylic acids is 1. The van der Waals surface area contributed by atoms with E-state index in [4.69, 9.17) is 11.6 Å². The fourth-order valence-electron chi connectivity index (χ4n) is 6.97. The van der Waals surface area contributed by atoms with Crippen LogP contribution < -0.4 is 5.32 Å². The fourth-order valence-corrected chi connectivity index (χ4v) is 7.17. The van der Waals surface area contributed by atoms with Gasteiger partial charge in [-0.25, -0.2) is 0 Å². The molecule has 4 bridgehead atoms. The van der Waals surface area contributed by atoms with Crippen molar-refractivity contribution < 1.29 is 9.72 Å². The molecule has 2 heterocycles. The molecule has 1 amide bonds. The van der Waals surface area contributed by atoms with Crippen LogP contribution in [0, 0.1) is 27.4 Å². The number of hydrogen-bond acceptors (Lipinski definition) is 5. The lowest BCUT2D eigenvalue weighted by Crippen LogP contribution is -2.57. The largest absolute Gasteiger partial charge is 0.350 e. The number of aryl methyl sites for hydroxylation is 1. The number of hydrogen-bond donors (Lipinski definition) is 1. The third-order valence-corrected chi connectivity index (χ3v) is 7.92. The number of nitrogens with one attached hydrogen (secondary N) is 1. The van der Waals surface area contributed by atoms with E-state index >= 15 is 0 Å². The molecule has 2 unspecified atom stereocenters. The highest BCUT2D eigenvalue weighted by Gasteiger charge is 2.59. The van der Waals surface area contributed by atoms with Crippen LogP contribution >= 0.6 is 11.6 Å². The van der Waals surface area contributed by atoms with Gasteiger partial charge >= 0.3 is 5.69 Å². The molecule has 31 heavy (non-hydrogen) atoms. The normalized spacial score (nSPS) is 31.2. The van der Waals surface area contributed by atoms with Crippen LogP contribution in [0.15, 0.2) is 18.6 Å². The minimum atomic E-state index is -0.390. The summed E-state index contributed by atoms with van der Waals surface area (Å²) in [5.41, 5.74) is 0.585. The number of amides is 1. The highest BCUT2D eigenvalue weighted by atomic mass is 35.5. The molecule has 0 spiro atoms. The van der Waals surface area contributed by atoms with Gasteiger partial charge in [-0.05, 0) is 62.7 Å². The van der Waals surface area contributed by atoms with Gasteiger partial charge in [0.25, 0.3) is 0 Å². The molecule has 166 valence electrons. The average Bonchev–Trinajstić information content (AvgIpc) is 3.32. The maximum absolute atomic E-state index is 13.0. The van der Waals surface area contributed by atoms with E-state index in [-0.39, 0.29) is 27.5 Å². The molecule has 2 aromatic heterocycles. The summed E-state index contributed by atoms with van der Waals surface area (Å²) >= 11 is 6.22. The number of nitrogens with zero attached hydrogens (tertiary/aromatic N) is 5. The summed E-state index contributed by atoms with van der Waals surface area (Å²) in [5, 5.41) is 23.4. The number of rotatable bonds is 7. The zero-order valence-electron chi connectivity index (χ0n) is 17.6. The van der Waals surface area contributed by atoms with Crippen molar-refractivity contribution in [3.05, 3.63) is 39.4 Å². The van der Waals surface area contributed by atoms with E-state index in [2.05, 4.69) is 15.5 Å². The van der Waals surface area contributed by atoms with Gasteiger partial charge in [0.1, 0.15) is 12.4 Å². The number of aromatic nitrogens is 4. The Hall–Kier alpha value is -2.42. The Morgan fingerprint density at radius 3 is 2.68 bits per heavy atom. The highest BCUT2D eigenvalue weighted by Crippen LogP contribution is 2.65. The van der Waals surface area contributed by atoms with Crippen LogP contribution in [0.4, 0.5) is 5.69 Å². The van der Waals surface area contributed by atoms with Gasteiger partial charge in [-0.1, -0.05) is 11.6 Å². The maximum Gasteiger partial charge on any atom is 0.307 e. The lowest BCUT2D eigenvalue weighted by Gasteiger charge is -2.61. The Labute approximate surface area is 185 Å². The zero-order valence-corrected chi connectivity index (χ0v) is 18.3. The Morgan fingerprint density at radius 2 is 2.03 bits per heavy atom. The molecule has 4 fully saturated rings. The molecule has 9 nitrogen and oxygen atoms in total. The predicted molar refractivity (Wildman–Crippen MR) is 113 cm³/mol. The van der Waals surface area contributed by atoms with Crippen LogP contribution in [0.1, 0.15) is 57.6 Å². The van der Waals surface area contributed by atoms with Crippen molar-refractivity contribution in [2.45, 2.75) is 70.5 Å². The molecule has 0 saturated heterocycles. The van der Waals surface area contributed by atoms with Crippen LogP contribution in [0.25, 0.3) is 0 Å². The van der Waals surface area contributed by atoms with Crippen molar-refractivity contribution in [2.75, 3.05) is 0 Å². The molecule has 0 radical (unpaired) electrons. The Kier molecular flexibility index (Phi) is 4.84. The lowest BCUT2D eigenvalue weighted by molar-refractivity contribution is -0.385. The van der Waals surface area contributed by atoms with Crippen molar-refractivity contribution in [3.8, 4) is 0 Å². The van der Waals surface area contributed by atoms with E-state index in [1.165, 1.54) is 12.6 Å². The molecule has 2 atom stereocenters. The van der Waals surface area contributed by atoms with Crippen LogP contribution in [0.2, 0.25) is 5.02 Å². The molecule has 0 aromatic carbocycles. The second kappa shape index (κ2) is 7.32. The van der Waals surface area contributed by atoms with Crippen molar-refractivity contribution in [2.24, 2.45) is 17.3 Å². The molecule has 4 saturated carbocycles. The molecule has 10 heteroatoms. The molecule has 4 aliphatic rings. The van der Waals surface area contributed by atoms with Crippen LogP contribution in [0.5, 0.6) is 0 Å². The number of nitro groups is 1.